The van der Waals surface area contributed by atoms with Gasteiger partial charge >= 0.3 is 0 Å². The molecule has 1 aliphatic carbocycles. The fourth-order valence-electron chi connectivity index (χ4n) is 1.62. The third-order valence-corrected chi connectivity index (χ3v) is 3.67. The van der Waals surface area contributed by atoms with Crippen LogP contribution in [-0.4, -0.2) is 16.7 Å². The lowest BCUT2D eigenvalue weighted by molar-refractivity contribution is 0.313. The van der Waals surface area contributed by atoms with Gasteiger partial charge in [-0.2, -0.15) is 0 Å². The normalized spacial score (nSPS) is 16.9. The van der Waals surface area contributed by atoms with Gasteiger partial charge in [-0.05, 0) is 12.5 Å². The van der Waals surface area contributed by atoms with Crippen molar-refractivity contribution in [1.29, 1.82) is 0 Å². The average molecular weight is 211 g/mol. The molecule has 1 N–H and O–H groups in total. The monoisotopic (exact) mass is 211 g/mol. The van der Waals surface area contributed by atoms with Crippen LogP contribution in [0.4, 0.5) is 0 Å². The van der Waals surface area contributed by atoms with Crippen molar-refractivity contribution in [1.82, 2.24) is 15.5 Å². The van der Waals surface area contributed by atoms with E-state index in [4.69, 9.17) is 0 Å². The quantitative estimate of drug-likeness (QED) is 0.809. The molecule has 0 bridgehead atoms. The topological polar surface area (TPSA) is 37.8 Å². The number of aromatic nitrogens is 2. The summed E-state index contributed by atoms with van der Waals surface area (Å²) in [7, 11) is 0. The summed E-state index contributed by atoms with van der Waals surface area (Å²) in [5, 5.41) is 14.0. The predicted molar refractivity (Wildman–Crippen MR) is 58.3 cm³/mol. The van der Waals surface area contributed by atoms with Gasteiger partial charge in [0.2, 0.25) is 0 Å². The molecular weight excluding hydrogens is 194 g/mol. The summed E-state index contributed by atoms with van der Waals surface area (Å²) < 4.78 is 0. The molecule has 1 aliphatic rings. The predicted octanol–water partition coefficient (Wildman–Crippen LogP) is 1.99. The second-order valence-electron chi connectivity index (χ2n) is 3.87. The van der Waals surface area contributed by atoms with Gasteiger partial charge in [-0.15, -0.1) is 21.5 Å². The summed E-state index contributed by atoms with van der Waals surface area (Å²) in [6.45, 7) is 3.98. The van der Waals surface area contributed by atoms with E-state index in [0.717, 1.165) is 30.4 Å². The molecule has 4 heteroatoms. The van der Waals surface area contributed by atoms with E-state index in [1.54, 1.807) is 11.3 Å². The van der Waals surface area contributed by atoms with Gasteiger partial charge in [-0.25, -0.2) is 0 Å². The fourth-order valence-corrected chi connectivity index (χ4v) is 2.55. The standard InChI is InChI=1S/C10H17N3S/c1-2-11-7-10-13-12-9(14-10)6-8-4-3-5-8/h8,11H,2-7H2,1H3. The molecule has 1 aromatic heterocycles. The number of hydrogen-bond donors (Lipinski definition) is 1. The number of nitrogens with one attached hydrogen (secondary N) is 1. The van der Waals surface area contributed by atoms with Crippen molar-refractivity contribution >= 4 is 11.3 Å². The van der Waals surface area contributed by atoms with Gasteiger partial charge in [0.25, 0.3) is 0 Å². The van der Waals surface area contributed by atoms with Crippen LogP contribution in [0.5, 0.6) is 0 Å². The lowest BCUT2D eigenvalue weighted by atomic mass is 9.83. The lowest BCUT2D eigenvalue weighted by Crippen LogP contribution is -2.13. The van der Waals surface area contributed by atoms with E-state index >= 15 is 0 Å². The van der Waals surface area contributed by atoms with E-state index < -0.39 is 0 Å². The molecule has 1 heterocycles. The zero-order valence-corrected chi connectivity index (χ0v) is 9.44. The third kappa shape index (κ3) is 2.51. The first kappa shape index (κ1) is 10.1. The summed E-state index contributed by atoms with van der Waals surface area (Å²) in [6, 6.07) is 0. The largest absolute Gasteiger partial charge is 0.311 e. The highest BCUT2D eigenvalue weighted by Crippen LogP contribution is 2.30. The van der Waals surface area contributed by atoms with Crippen molar-refractivity contribution in [2.75, 3.05) is 6.54 Å². The number of rotatable bonds is 5. The third-order valence-electron chi connectivity index (χ3n) is 2.72. The summed E-state index contributed by atoms with van der Waals surface area (Å²) in [5.74, 6) is 0.898. The van der Waals surface area contributed by atoms with Gasteiger partial charge in [0, 0.05) is 13.0 Å². The van der Waals surface area contributed by atoms with Crippen LogP contribution in [0.3, 0.4) is 0 Å². The average Bonchev–Trinajstić information content (AvgIpc) is 2.56. The highest BCUT2D eigenvalue weighted by atomic mass is 32.1. The van der Waals surface area contributed by atoms with Crippen molar-refractivity contribution in [3.8, 4) is 0 Å². The summed E-state index contributed by atoms with van der Waals surface area (Å²) >= 11 is 1.77. The minimum atomic E-state index is 0.874. The first-order valence-electron chi connectivity index (χ1n) is 5.40. The van der Waals surface area contributed by atoms with E-state index in [0.29, 0.717) is 0 Å². The Bertz CT molecular complexity index is 281. The Morgan fingerprint density at radius 3 is 2.79 bits per heavy atom. The fraction of sp³-hybridized carbons (Fsp3) is 0.800. The van der Waals surface area contributed by atoms with Crippen LogP contribution in [0.15, 0.2) is 0 Å². The molecule has 0 unspecified atom stereocenters. The second-order valence-corrected chi connectivity index (χ2v) is 5.02. The Morgan fingerprint density at radius 1 is 1.36 bits per heavy atom. The van der Waals surface area contributed by atoms with Crippen molar-refractivity contribution in [3.63, 3.8) is 0 Å². The number of hydrogen-bond acceptors (Lipinski definition) is 4. The van der Waals surface area contributed by atoms with E-state index in [1.165, 1.54) is 24.3 Å². The van der Waals surface area contributed by atoms with Gasteiger partial charge in [0.15, 0.2) is 0 Å². The smallest absolute Gasteiger partial charge is 0.131 e. The molecule has 0 atom stereocenters. The zero-order valence-electron chi connectivity index (χ0n) is 8.62. The molecule has 0 radical (unpaired) electrons. The molecular formula is C10H17N3S. The van der Waals surface area contributed by atoms with Gasteiger partial charge in [0.1, 0.15) is 10.0 Å². The first-order chi connectivity index (χ1) is 6.88. The molecule has 3 nitrogen and oxygen atoms in total. The molecule has 1 fully saturated rings. The maximum absolute atomic E-state index is 4.22. The van der Waals surface area contributed by atoms with E-state index in [9.17, 15) is 0 Å². The van der Waals surface area contributed by atoms with E-state index in [1.807, 2.05) is 0 Å². The molecule has 14 heavy (non-hydrogen) atoms. The Morgan fingerprint density at radius 2 is 2.14 bits per heavy atom. The Hall–Kier alpha value is -0.480. The van der Waals surface area contributed by atoms with E-state index in [-0.39, 0.29) is 0 Å². The van der Waals surface area contributed by atoms with Crippen LogP contribution >= 0.6 is 11.3 Å². The van der Waals surface area contributed by atoms with Gasteiger partial charge in [-0.1, -0.05) is 26.2 Å². The van der Waals surface area contributed by atoms with Gasteiger partial charge in [-0.3, -0.25) is 0 Å². The highest BCUT2D eigenvalue weighted by Gasteiger charge is 2.19. The lowest BCUT2D eigenvalue weighted by Gasteiger charge is -2.23. The second kappa shape index (κ2) is 4.84. The van der Waals surface area contributed by atoms with Crippen molar-refractivity contribution < 1.29 is 0 Å². The van der Waals surface area contributed by atoms with Gasteiger partial charge < -0.3 is 5.32 Å². The Labute approximate surface area is 88.9 Å². The van der Waals surface area contributed by atoms with E-state index in [2.05, 4.69) is 22.4 Å². The molecule has 0 aromatic carbocycles. The Balaban J connectivity index is 1.82. The van der Waals surface area contributed by atoms with Crippen molar-refractivity contribution in [2.24, 2.45) is 5.92 Å². The molecule has 2 rings (SSSR count). The Kier molecular flexibility index (Phi) is 3.48. The van der Waals surface area contributed by atoms with Crippen LogP contribution in [-0.2, 0) is 13.0 Å². The maximum atomic E-state index is 4.22. The summed E-state index contributed by atoms with van der Waals surface area (Å²) in [4.78, 5) is 0. The molecule has 1 aromatic rings. The van der Waals surface area contributed by atoms with Crippen LogP contribution in [0.25, 0.3) is 0 Å². The molecule has 0 spiro atoms. The highest BCUT2D eigenvalue weighted by molar-refractivity contribution is 7.11. The van der Waals surface area contributed by atoms with Crippen LogP contribution in [0, 0.1) is 5.92 Å². The van der Waals surface area contributed by atoms with Crippen molar-refractivity contribution in [3.05, 3.63) is 10.0 Å². The zero-order chi connectivity index (χ0) is 9.80. The molecule has 1 saturated carbocycles. The molecule has 0 amide bonds. The molecule has 78 valence electrons. The van der Waals surface area contributed by atoms with Crippen LogP contribution < -0.4 is 5.32 Å². The first-order valence-corrected chi connectivity index (χ1v) is 6.22. The minimum absolute atomic E-state index is 0.874. The molecule has 0 aliphatic heterocycles. The van der Waals surface area contributed by atoms with Crippen LogP contribution in [0.1, 0.15) is 36.2 Å². The summed E-state index contributed by atoms with van der Waals surface area (Å²) in [5.41, 5.74) is 0. The SMILES string of the molecule is CCNCc1nnc(CC2CCC2)s1. The maximum Gasteiger partial charge on any atom is 0.131 e. The number of nitrogens with zero attached hydrogens (tertiary/aromatic N) is 2. The minimum Gasteiger partial charge on any atom is -0.311 e. The van der Waals surface area contributed by atoms with Crippen molar-refractivity contribution in [2.45, 2.75) is 39.2 Å². The van der Waals surface area contributed by atoms with Crippen LogP contribution in [0.2, 0.25) is 0 Å². The van der Waals surface area contributed by atoms with Gasteiger partial charge in [0.05, 0.1) is 0 Å². The molecule has 0 saturated heterocycles. The summed E-state index contributed by atoms with van der Waals surface area (Å²) in [6.07, 6.45) is 5.35.